The van der Waals surface area contributed by atoms with Crippen molar-refractivity contribution in [2.75, 3.05) is 6.61 Å². The number of benzene rings is 3. The summed E-state index contributed by atoms with van der Waals surface area (Å²) in [5.74, 6) is 0.449. The zero-order valence-electron chi connectivity index (χ0n) is 19.8. The van der Waals surface area contributed by atoms with Crippen LogP contribution in [0, 0.1) is 5.82 Å². The molecule has 1 heterocycles. The molecule has 0 saturated carbocycles. The van der Waals surface area contributed by atoms with E-state index in [2.05, 4.69) is 10.3 Å². The number of hydrogen-bond acceptors (Lipinski definition) is 3. The summed E-state index contributed by atoms with van der Waals surface area (Å²) in [5, 5.41) is 4.77. The summed E-state index contributed by atoms with van der Waals surface area (Å²) in [6, 6.07) is 23.8. The predicted molar refractivity (Wildman–Crippen MR) is 142 cm³/mol. The Morgan fingerprint density at radius 3 is 2.51 bits per heavy atom. The van der Waals surface area contributed by atoms with Crippen molar-refractivity contribution in [2.45, 2.75) is 33.0 Å². The second-order valence-electron chi connectivity index (χ2n) is 8.37. The molecule has 0 amide bonds. The third-order valence-corrected chi connectivity index (χ3v) is 6.15. The number of fused-ring (bicyclic) bond motifs is 1. The van der Waals surface area contributed by atoms with Crippen LogP contribution in [0.4, 0.5) is 4.39 Å². The molecule has 0 fully saturated rings. The number of thiocarbonyl (C=S) groups is 1. The molecule has 0 radical (unpaired) electrons. The maximum absolute atomic E-state index is 13.5. The fourth-order valence-corrected chi connectivity index (χ4v) is 4.23. The molecule has 4 rings (SSSR count). The molecule has 2 N–H and O–H groups in total. The summed E-state index contributed by atoms with van der Waals surface area (Å²) in [6.07, 6.45) is 0. The lowest BCUT2D eigenvalue weighted by Crippen LogP contribution is -2.41. The number of nitrogens with one attached hydrogen (secondary N) is 2. The summed E-state index contributed by atoms with van der Waals surface area (Å²) in [4.78, 5) is 17.8. The minimum atomic E-state index is -0.297. The second-order valence-corrected chi connectivity index (χ2v) is 8.76. The fourth-order valence-electron chi connectivity index (χ4n) is 3.92. The minimum absolute atomic E-state index is 0.0249. The van der Waals surface area contributed by atoms with E-state index < -0.39 is 0 Å². The largest absolute Gasteiger partial charge is 0.494 e. The van der Waals surface area contributed by atoms with Crippen molar-refractivity contribution in [3.05, 3.63) is 112 Å². The number of aromatic amines is 1. The maximum atomic E-state index is 13.5. The highest BCUT2D eigenvalue weighted by Crippen LogP contribution is 2.21. The standard InChI is InChI=1S/C28H28FN3O2S/c1-3-34-25-13-14-26-22(16-25)15-23(27(33)31-26)18-32(17-20-9-11-24(29)12-10-20)28(35)30-19(2)21-7-5-4-6-8-21/h4-16,19H,3,17-18H2,1-2H3,(H,30,35)(H,31,33). The summed E-state index contributed by atoms with van der Waals surface area (Å²) in [5.41, 5.74) is 3.13. The van der Waals surface area contributed by atoms with E-state index in [0.29, 0.717) is 23.8 Å². The summed E-state index contributed by atoms with van der Waals surface area (Å²) in [7, 11) is 0. The quantitative estimate of drug-likeness (QED) is 0.311. The van der Waals surface area contributed by atoms with Crippen molar-refractivity contribution >= 4 is 28.2 Å². The first-order chi connectivity index (χ1) is 16.9. The smallest absolute Gasteiger partial charge is 0.253 e. The van der Waals surface area contributed by atoms with E-state index in [-0.39, 0.29) is 24.0 Å². The highest BCUT2D eigenvalue weighted by molar-refractivity contribution is 7.80. The van der Waals surface area contributed by atoms with Gasteiger partial charge in [0, 0.05) is 23.0 Å². The van der Waals surface area contributed by atoms with Crippen molar-refractivity contribution < 1.29 is 9.13 Å². The van der Waals surface area contributed by atoms with Gasteiger partial charge in [0.1, 0.15) is 11.6 Å². The van der Waals surface area contributed by atoms with Crippen molar-refractivity contribution in [3.63, 3.8) is 0 Å². The Kier molecular flexibility index (Phi) is 7.77. The van der Waals surface area contributed by atoms with E-state index >= 15 is 0 Å². The van der Waals surface area contributed by atoms with E-state index in [9.17, 15) is 9.18 Å². The van der Waals surface area contributed by atoms with Crippen LogP contribution in [0.5, 0.6) is 5.75 Å². The number of ether oxygens (including phenoxy) is 1. The molecular formula is C28H28FN3O2S. The molecule has 35 heavy (non-hydrogen) atoms. The van der Waals surface area contributed by atoms with Crippen LogP contribution in [0.15, 0.2) is 83.7 Å². The molecule has 0 saturated heterocycles. The molecule has 1 unspecified atom stereocenters. The van der Waals surface area contributed by atoms with Crippen LogP contribution in [-0.4, -0.2) is 21.6 Å². The molecule has 1 atom stereocenters. The highest BCUT2D eigenvalue weighted by Gasteiger charge is 2.17. The molecule has 0 aliphatic rings. The van der Waals surface area contributed by atoms with E-state index in [4.69, 9.17) is 17.0 Å². The molecule has 0 bridgehead atoms. The number of H-pyrrole nitrogens is 1. The highest BCUT2D eigenvalue weighted by atomic mass is 32.1. The number of aromatic nitrogens is 1. The second kappa shape index (κ2) is 11.1. The van der Waals surface area contributed by atoms with Crippen molar-refractivity contribution in [2.24, 2.45) is 0 Å². The average molecular weight is 490 g/mol. The first kappa shape index (κ1) is 24.4. The molecule has 0 aliphatic heterocycles. The van der Waals surface area contributed by atoms with Gasteiger partial charge < -0.3 is 19.9 Å². The molecule has 7 heteroatoms. The third-order valence-electron chi connectivity index (χ3n) is 5.78. The van der Waals surface area contributed by atoms with Crippen LogP contribution in [-0.2, 0) is 13.1 Å². The van der Waals surface area contributed by atoms with Gasteiger partial charge in [-0.3, -0.25) is 4.79 Å². The lowest BCUT2D eigenvalue weighted by Gasteiger charge is -2.28. The average Bonchev–Trinajstić information content (AvgIpc) is 2.86. The number of rotatable bonds is 8. The van der Waals surface area contributed by atoms with Gasteiger partial charge in [-0.15, -0.1) is 0 Å². The van der Waals surface area contributed by atoms with Gasteiger partial charge in [0.25, 0.3) is 5.56 Å². The van der Waals surface area contributed by atoms with Gasteiger partial charge in [-0.25, -0.2) is 4.39 Å². The molecule has 180 valence electrons. The van der Waals surface area contributed by atoms with Gasteiger partial charge in [0.2, 0.25) is 0 Å². The number of nitrogens with zero attached hydrogens (tertiary/aromatic N) is 1. The van der Waals surface area contributed by atoms with Crippen molar-refractivity contribution in [1.82, 2.24) is 15.2 Å². The topological polar surface area (TPSA) is 57.4 Å². The summed E-state index contributed by atoms with van der Waals surface area (Å²) < 4.78 is 19.1. The zero-order valence-corrected chi connectivity index (χ0v) is 20.6. The molecular weight excluding hydrogens is 461 g/mol. The molecule has 0 aliphatic carbocycles. The van der Waals surface area contributed by atoms with Crippen LogP contribution >= 0.6 is 12.2 Å². The Morgan fingerprint density at radius 1 is 1.06 bits per heavy atom. The molecule has 0 spiro atoms. The zero-order chi connectivity index (χ0) is 24.8. The number of pyridine rings is 1. The monoisotopic (exact) mass is 489 g/mol. The molecule has 3 aromatic carbocycles. The summed E-state index contributed by atoms with van der Waals surface area (Å²) in [6.45, 7) is 5.24. The normalized spacial score (nSPS) is 11.7. The first-order valence-electron chi connectivity index (χ1n) is 11.6. The van der Waals surface area contributed by atoms with Crippen LogP contribution < -0.4 is 15.6 Å². The third kappa shape index (κ3) is 6.25. The fraction of sp³-hybridized carbons (Fsp3) is 0.214. The van der Waals surface area contributed by atoms with E-state index in [1.165, 1.54) is 12.1 Å². The Hall–Kier alpha value is -3.71. The molecule has 5 nitrogen and oxygen atoms in total. The van der Waals surface area contributed by atoms with E-state index in [1.54, 1.807) is 12.1 Å². The Morgan fingerprint density at radius 2 is 1.80 bits per heavy atom. The number of halogens is 1. The van der Waals surface area contributed by atoms with E-state index in [0.717, 1.165) is 27.8 Å². The summed E-state index contributed by atoms with van der Waals surface area (Å²) >= 11 is 5.78. The predicted octanol–water partition coefficient (Wildman–Crippen LogP) is 5.70. The Bertz CT molecular complexity index is 1360. The van der Waals surface area contributed by atoms with Gasteiger partial charge in [-0.1, -0.05) is 42.5 Å². The lowest BCUT2D eigenvalue weighted by atomic mass is 10.1. The van der Waals surface area contributed by atoms with Crippen LogP contribution in [0.1, 0.15) is 36.6 Å². The minimum Gasteiger partial charge on any atom is -0.494 e. The molecule has 1 aromatic heterocycles. The SMILES string of the molecule is CCOc1ccc2[nH]c(=O)c(CN(Cc3ccc(F)cc3)C(=S)NC(C)c3ccccc3)cc2c1. The van der Waals surface area contributed by atoms with Crippen molar-refractivity contribution in [1.29, 1.82) is 0 Å². The maximum Gasteiger partial charge on any atom is 0.253 e. The number of hydrogen-bond donors (Lipinski definition) is 2. The Balaban J connectivity index is 1.62. The molecule has 4 aromatic rings. The van der Waals surface area contributed by atoms with Gasteiger partial charge >= 0.3 is 0 Å². The van der Waals surface area contributed by atoms with Gasteiger partial charge in [0.05, 0.1) is 19.2 Å². The van der Waals surface area contributed by atoms with E-state index in [1.807, 2.05) is 73.3 Å². The van der Waals surface area contributed by atoms with Gasteiger partial charge in [0.15, 0.2) is 5.11 Å². The first-order valence-corrected chi connectivity index (χ1v) is 12.0. The van der Waals surface area contributed by atoms with Crippen LogP contribution in [0.2, 0.25) is 0 Å². The van der Waals surface area contributed by atoms with Crippen LogP contribution in [0.3, 0.4) is 0 Å². The van der Waals surface area contributed by atoms with Crippen LogP contribution in [0.25, 0.3) is 10.9 Å². The Labute approximate surface area is 209 Å². The van der Waals surface area contributed by atoms with Crippen molar-refractivity contribution in [3.8, 4) is 5.75 Å². The van der Waals surface area contributed by atoms with Gasteiger partial charge in [-0.05, 0) is 73.6 Å². The lowest BCUT2D eigenvalue weighted by molar-refractivity contribution is 0.340. The van der Waals surface area contributed by atoms with Gasteiger partial charge in [-0.2, -0.15) is 0 Å².